The number of hydrogen-bond acceptors (Lipinski definition) is 9. The Hall–Kier alpha value is -3.88. The zero-order chi connectivity index (χ0) is 57.6. The van der Waals surface area contributed by atoms with Crippen LogP contribution in [0.4, 0.5) is 0 Å². The molecule has 6 heterocycles. The zero-order valence-electron chi connectivity index (χ0n) is 51.3. The van der Waals surface area contributed by atoms with Gasteiger partial charge in [0.1, 0.15) is 11.9 Å². The Morgan fingerprint density at radius 1 is 0.880 bits per heavy atom. The summed E-state index contributed by atoms with van der Waals surface area (Å²) < 4.78 is 14.5. The van der Waals surface area contributed by atoms with Gasteiger partial charge in [-0.2, -0.15) is 0 Å². The summed E-state index contributed by atoms with van der Waals surface area (Å²) in [6, 6.07) is 9.61. The fraction of sp³-hybridized carbons (Fsp3) is 0.718. The number of nitrogens with zero attached hydrogens (tertiary/aromatic N) is 1. The lowest BCUT2D eigenvalue weighted by Crippen LogP contribution is -2.75. The Morgan fingerprint density at radius 3 is 2.45 bits per heavy atom. The minimum atomic E-state index is -0.956. The fourth-order valence-electron chi connectivity index (χ4n) is 23.4. The average Bonchev–Trinajstić information content (AvgIpc) is 1.85. The maximum atomic E-state index is 16.4. The monoisotopic (exact) mass is 1130 g/mol. The Balaban J connectivity index is 0.907. The van der Waals surface area contributed by atoms with Crippen LogP contribution in [0, 0.1) is 56.2 Å². The molecule has 12 heteroatoms. The van der Waals surface area contributed by atoms with Crippen molar-refractivity contribution in [3.63, 3.8) is 0 Å². The number of nitrogens with one attached hydrogen (secondary N) is 4. The van der Waals surface area contributed by atoms with Crippen LogP contribution in [0.5, 0.6) is 0 Å². The normalized spacial score (nSPS) is 42.4. The Morgan fingerprint density at radius 2 is 1.67 bits per heavy atom. The minimum Gasteiger partial charge on any atom is -0.392 e. The first-order valence-corrected chi connectivity index (χ1v) is 33.2. The van der Waals surface area contributed by atoms with Crippen LogP contribution in [-0.2, 0) is 44.1 Å². The molecule has 2 spiro atoms. The van der Waals surface area contributed by atoms with Crippen molar-refractivity contribution in [1.29, 1.82) is 0 Å². The number of ether oxygens (including phenoxy) is 2. The van der Waals surface area contributed by atoms with Gasteiger partial charge in [-0.15, -0.1) is 0 Å². The number of aromatic nitrogens is 3. The lowest BCUT2D eigenvalue weighted by Gasteiger charge is -2.76. The molecule has 2 saturated heterocycles. The number of hydrogen-bond donors (Lipinski definition) is 7. The van der Waals surface area contributed by atoms with Gasteiger partial charge in [-0.25, -0.2) is 0 Å². The van der Waals surface area contributed by atoms with Crippen molar-refractivity contribution in [2.45, 2.75) is 230 Å². The van der Waals surface area contributed by atoms with Crippen molar-refractivity contribution in [3.8, 4) is 0 Å². The number of rotatable bonds is 10. The Labute approximate surface area is 492 Å². The first-order valence-electron chi connectivity index (χ1n) is 33.2. The van der Waals surface area contributed by atoms with E-state index in [0.717, 1.165) is 93.0 Å². The molecule has 448 valence electrons. The van der Waals surface area contributed by atoms with Crippen molar-refractivity contribution in [3.05, 3.63) is 93.1 Å². The highest BCUT2D eigenvalue weighted by Gasteiger charge is 2.81. The topological polar surface area (TPSA) is 177 Å². The number of benzene rings is 1. The summed E-state index contributed by atoms with van der Waals surface area (Å²) in [6.45, 7) is 16.5. The van der Waals surface area contributed by atoms with Crippen molar-refractivity contribution in [2.24, 2.45) is 56.2 Å². The predicted molar refractivity (Wildman–Crippen MR) is 322 cm³/mol. The third-order valence-corrected chi connectivity index (χ3v) is 27.3. The van der Waals surface area contributed by atoms with Gasteiger partial charge in [0, 0.05) is 98.1 Å². The highest BCUT2D eigenvalue weighted by Crippen LogP contribution is 2.84. The zero-order valence-corrected chi connectivity index (χ0v) is 51.3. The number of aliphatic hydroxyl groups is 3. The van der Waals surface area contributed by atoms with Crippen LogP contribution in [0.25, 0.3) is 11.0 Å². The van der Waals surface area contributed by atoms with E-state index in [-0.39, 0.29) is 41.1 Å². The molecule has 3 aromatic heterocycles. The Bertz CT molecular complexity index is 3300. The van der Waals surface area contributed by atoms with Gasteiger partial charge < -0.3 is 50.0 Å². The van der Waals surface area contributed by atoms with Gasteiger partial charge in [-0.3, -0.25) is 9.59 Å². The van der Waals surface area contributed by atoms with Crippen LogP contribution in [0.1, 0.15) is 214 Å². The molecule has 8 fully saturated rings. The number of allylic oxidation sites excluding steroid dienone is 1. The van der Waals surface area contributed by atoms with E-state index in [1.807, 2.05) is 0 Å². The van der Waals surface area contributed by atoms with Crippen LogP contribution in [0.2, 0.25) is 0 Å². The number of H-pyrrole nitrogens is 2. The summed E-state index contributed by atoms with van der Waals surface area (Å²) in [6.07, 6.45) is 22.2. The lowest BCUT2D eigenvalue weighted by molar-refractivity contribution is -0.271. The summed E-state index contributed by atoms with van der Waals surface area (Å²) >= 11 is 0. The highest BCUT2D eigenvalue weighted by molar-refractivity contribution is 6.02. The van der Waals surface area contributed by atoms with Crippen molar-refractivity contribution in [1.82, 2.24) is 25.2 Å². The summed E-state index contributed by atoms with van der Waals surface area (Å²) in [5.41, 5.74) is 8.31. The molecule has 2 bridgehead atoms. The van der Waals surface area contributed by atoms with Gasteiger partial charge in [0.05, 0.1) is 40.4 Å². The number of epoxide rings is 1. The van der Waals surface area contributed by atoms with E-state index in [1.54, 1.807) is 0 Å². The molecule has 1 aromatic carbocycles. The third kappa shape index (κ3) is 7.66. The van der Waals surface area contributed by atoms with Gasteiger partial charge in [-0.05, 0) is 214 Å². The number of fused-ring (bicyclic) bond motifs is 9. The fourth-order valence-corrected chi connectivity index (χ4v) is 23.4. The molecule has 8 aliphatic carbocycles. The molecule has 17 unspecified atom stereocenters. The second-order valence-corrected chi connectivity index (χ2v) is 31.4. The van der Waals surface area contributed by atoms with Crippen molar-refractivity contribution in [2.75, 3.05) is 33.9 Å². The molecule has 3 aliphatic heterocycles. The highest BCUT2D eigenvalue weighted by atomic mass is 16.6. The number of Topliss-reactive ketones (excluding diaryl/α,β-unsaturated/α-hetero) is 2. The molecule has 0 radical (unpaired) electrons. The minimum absolute atomic E-state index is 0.0950. The van der Waals surface area contributed by atoms with E-state index in [4.69, 9.17) is 9.47 Å². The lowest BCUT2D eigenvalue weighted by atomic mass is 9.27. The standard InChI is InChI=1S/C71H97N5O7/c1-64(2)63(83-64)52(78)34-65(3)20-15-43-37-75-58-45(29-40-28-44(48-14-10-9-12-42(48)36-72-7)31-46(30-40)71(81)23-26-82-27-24-71)38-76(59(43)58)39-50-54-56(65)51(77)35-67(54,5)66(4)21-17-53-68(6,61(66)60(50)79)70-22-16-41(32-70)57-49(18-25-74-57)55(70)62(80)69(53)19-11-13-47(33-69)73-8/h18,25,28,30-31,37-38,41-42,47-48,50,52-53,55,60-61,63,72-75,78-79,81H,9-17,19-24,26-27,29,32-36,39H2,1-8H3. The molecule has 6 saturated carbocycles. The molecule has 0 amide bonds. The molecule has 15 rings (SSSR count). The van der Waals surface area contributed by atoms with E-state index in [0.29, 0.717) is 88.2 Å². The number of carbonyl (C=O) groups is 2. The van der Waals surface area contributed by atoms with Crippen LogP contribution in [0.3, 0.4) is 0 Å². The first-order chi connectivity index (χ1) is 39.7. The van der Waals surface area contributed by atoms with E-state index in [9.17, 15) is 15.3 Å². The molecule has 4 aromatic rings. The summed E-state index contributed by atoms with van der Waals surface area (Å²) in [4.78, 5) is 40.0. The summed E-state index contributed by atoms with van der Waals surface area (Å²) in [5.74, 6) is 1.21. The van der Waals surface area contributed by atoms with Crippen LogP contribution < -0.4 is 10.6 Å². The van der Waals surface area contributed by atoms with Gasteiger partial charge in [-0.1, -0.05) is 65.2 Å². The van der Waals surface area contributed by atoms with Crippen molar-refractivity contribution >= 4 is 22.6 Å². The number of aromatic amines is 2. The van der Waals surface area contributed by atoms with E-state index in [2.05, 4.69) is 124 Å². The number of aryl methyl sites for hydroxylation is 1. The molecular weight excluding hydrogens is 1030 g/mol. The second kappa shape index (κ2) is 19.1. The van der Waals surface area contributed by atoms with Gasteiger partial charge in [0.15, 0.2) is 5.78 Å². The second-order valence-electron chi connectivity index (χ2n) is 31.4. The van der Waals surface area contributed by atoms with Crippen LogP contribution >= 0.6 is 0 Å². The molecule has 7 N–H and O–H groups in total. The number of ketones is 2. The van der Waals surface area contributed by atoms with E-state index >= 15 is 9.59 Å². The van der Waals surface area contributed by atoms with Gasteiger partial charge >= 0.3 is 0 Å². The van der Waals surface area contributed by atoms with Gasteiger partial charge in [0.2, 0.25) is 0 Å². The SMILES string of the molecule is CNCC1CCCCC1c1cc(Cc2cn3c4c(c[nH]c24)CCC(C)(CC(O)C2OC2(C)C)C2=C4C(C3)C(O)C3C(C)(CCC5C6(CCCC(NC)C6)C(=O)C6c7cc[nH]c7C7CCC6(C7)C53C)C4(C)CC2=O)cc(C2(O)CCOCC2)c1. The predicted octanol–water partition coefficient (Wildman–Crippen LogP) is 11.3. The third-order valence-electron chi connectivity index (χ3n) is 27.3. The first kappa shape index (κ1) is 55.7. The Kier molecular flexibility index (Phi) is 12.8. The smallest absolute Gasteiger partial charge is 0.160 e. The van der Waals surface area contributed by atoms with Gasteiger partial charge in [0.25, 0.3) is 0 Å². The molecular formula is C71H97N5O7. The molecule has 17 atom stereocenters. The quantitative estimate of drug-likeness (QED) is 0.0762. The molecule has 11 aliphatic rings. The number of aliphatic hydroxyl groups excluding tert-OH is 2. The number of carbonyl (C=O) groups excluding carboxylic acids is 2. The molecule has 12 nitrogen and oxygen atoms in total. The molecule has 83 heavy (non-hydrogen) atoms. The van der Waals surface area contributed by atoms with Crippen molar-refractivity contribution < 1.29 is 34.4 Å². The van der Waals surface area contributed by atoms with E-state index in [1.165, 1.54) is 58.3 Å². The van der Waals surface area contributed by atoms with Crippen LogP contribution in [0.15, 0.2) is 54.0 Å². The summed E-state index contributed by atoms with van der Waals surface area (Å²) in [5, 5.41) is 46.8. The maximum absolute atomic E-state index is 16.4. The van der Waals surface area contributed by atoms with Crippen LogP contribution in [-0.4, -0.2) is 105 Å². The average molecular weight is 1130 g/mol. The summed E-state index contributed by atoms with van der Waals surface area (Å²) in [7, 11) is 4.16. The maximum Gasteiger partial charge on any atom is 0.160 e. The van der Waals surface area contributed by atoms with E-state index < -0.39 is 56.4 Å². The largest absolute Gasteiger partial charge is 0.392 e.